The van der Waals surface area contributed by atoms with Crippen LogP contribution in [-0.4, -0.2) is 4.57 Å². The van der Waals surface area contributed by atoms with E-state index in [4.69, 9.17) is 4.42 Å². The second-order valence-electron chi connectivity index (χ2n) is 4.27. The summed E-state index contributed by atoms with van der Waals surface area (Å²) in [6.45, 7) is 3.67. The summed E-state index contributed by atoms with van der Waals surface area (Å²) < 4.78 is 6.23. The molecule has 0 N–H and O–H groups in total. The highest BCUT2D eigenvalue weighted by molar-refractivity contribution is 5.95. The van der Waals surface area contributed by atoms with Crippen LogP contribution in [0.15, 0.2) is 63.1 Å². The van der Waals surface area contributed by atoms with Crippen molar-refractivity contribution in [3.63, 3.8) is 0 Å². The van der Waals surface area contributed by atoms with Crippen molar-refractivity contribution in [1.82, 2.24) is 4.57 Å². The lowest BCUT2D eigenvalue weighted by Crippen LogP contribution is -2.31. The van der Waals surface area contributed by atoms with Gasteiger partial charge in [0, 0.05) is 0 Å². The Morgan fingerprint density at radius 3 is 2.53 bits per heavy atom. The molecule has 0 aliphatic heterocycles. The van der Waals surface area contributed by atoms with E-state index in [0.29, 0.717) is 11.0 Å². The van der Waals surface area contributed by atoms with E-state index in [-0.39, 0.29) is 12.1 Å². The molecule has 0 saturated carbocycles. The third-order valence-electron chi connectivity index (χ3n) is 3.05. The third-order valence-corrected chi connectivity index (χ3v) is 3.05. The molecule has 3 aromatic rings. The Hall–Kier alpha value is -2.62. The molecule has 94 valence electrons. The maximum atomic E-state index is 12.2. The van der Waals surface area contributed by atoms with Crippen molar-refractivity contribution in [2.24, 2.45) is 0 Å². The highest BCUT2D eigenvalue weighted by Gasteiger charge is 2.09. The van der Waals surface area contributed by atoms with Crippen molar-refractivity contribution in [2.75, 3.05) is 0 Å². The first-order valence-corrected chi connectivity index (χ1v) is 5.88. The average molecular weight is 253 g/mol. The number of allylic oxidation sites excluding steroid dienone is 1. The predicted molar refractivity (Wildman–Crippen MR) is 74.4 cm³/mol. The van der Waals surface area contributed by atoms with Crippen molar-refractivity contribution in [3.05, 3.63) is 70.0 Å². The van der Waals surface area contributed by atoms with E-state index in [2.05, 4.69) is 6.58 Å². The summed E-state index contributed by atoms with van der Waals surface area (Å²) in [7, 11) is 0. The summed E-state index contributed by atoms with van der Waals surface area (Å²) in [4.78, 5) is 24.0. The minimum Gasteiger partial charge on any atom is -0.409 e. The van der Waals surface area contributed by atoms with Gasteiger partial charge < -0.3 is 4.42 Å². The molecule has 2 aromatic carbocycles. The van der Waals surface area contributed by atoms with Gasteiger partial charge in [0.05, 0.1) is 11.9 Å². The van der Waals surface area contributed by atoms with Crippen LogP contribution in [0.1, 0.15) is 0 Å². The second-order valence-corrected chi connectivity index (χ2v) is 4.27. The predicted octanol–water partition coefficient (Wildman–Crippen LogP) is 2.29. The van der Waals surface area contributed by atoms with E-state index in [0.717, 1.165) is 15.3 Å². The van der Waals surface area contributed by atoms with E-state index in [9.17, 15) is 9.59 Å². The SMILES string of the molecule is C=CCn1c(=O)oc2cc3ccccc3cc2c1=O. The summed E-state index contributed by atoms with van der Waals surface area (Å²) >= 11 is 0. The monoisotopic (exact) mass is 253 g/mol. The van der Waals surface area contributed by atoms with Gasteiger partial charge in [0.15, 0.2) is 0 Å². The molecule has 0 aliphatic rings. The van der Waals surface area contributed by atoms with Gasteiger partial charge in [-0.05, 0) is 22.9 Å². The molecule has 0 unspecified atom stereocenters. The largest absolute Gasteiger partial charge is 0.422 e. The number of aromatic nitrogens is 1. The summed E-state index contributed by atoms with van der Waals surface area (Å²) in [6, 6.07) is 11.1. The topological polar surface area (TPSA) is 52.2 Å². The lowest BCUT2D eigenvalue weighted by molar-refractivity contribution is 0.474. The normalized spacial score (nSPS) is 10.9. The lowest BCUT2D eigenvalue weighted by Gasteiger charge is -2.04. The van der Waals surface area contributed by atoms with Gasteiger partial charge in [-0.25, -0.2) is 9.36 Å². The molecule has 0 amide bonds. The molecule has 0 aliphatic carbocycles. The molecule has 1 aromatic heterocycles. The fraction of sp³-hybridized carbons (Fsp3) is 0.0667. The molecule has 4 heteroatoms. The van der Waals surface area contributed by atoms with Gasteiger partial charge in [-0.2, -0.15) is 0 Å². The zero-order chi connectivity index (χ0) is 13.4. The van der Waals surface area contributed by atoms with Crippen LogP contribution < -0.4 is 11.3 Å². The van der Waals surface area contributed by atoms with Gasteiger partial charge in [-0.1, -0.05) is 30.3 Å². The summed E-state index contributed by atoms with van der Waals surface area (Å²) in [5, 5.41) is 2.27. The minimum absolute atomic E-state index is 0.143. The highest BCUT2D eigenvalue weighted by Crippen LogP contribution is 2.19. The average Bonchev–Trinajstić information content (AvgIpc) is 2.42. The van der Waals surface area contributed by atoms with Crippen molar-refractivity contribution in [1.29, 1.82) is 0 Å². The molecule has 0 saturated heterocycles. The first kappa shape index (κ1) is 11.5. The Labute approximate surface area is 108 Å². The number of fused-ring (bicyclic) bond motifs is 2. The Kier molecular flexibility index (Phi) is 2.56. The molecule has 1 heterocycles. The quantitative estimate of drug-likeness (QED) is 0.520. The van der Waals surface area contributed by atoms with E-state index >= 15 is 0 Å². The summed E-state index contributed by atoms with van der Waals surface area (Å²) in [5.74, 6) is -0.660. The van der Waals surface area contributed by atoms with Crippen LogP contribution in [0.5, 0.6) is 0 Å². The van der Waals surface area contributed by atoms with E-state index in [1.807, 2.05) is 24.3 Å². The fourth-order valence-electron chi connectivity index (χ4n) is 2.13. The van der Waals surface area contributed by atoms with Crippen LogP contribution in [-0.2, 0) is 6.54 Å². The summed E-state index contributed by atoms with van der Waals surface area (Å²) in [5.41, 5.74) is -0.0362. The maximum Gasteiger partial charge on any atom is 0.422 e. The molecule has 19 heavy (non-hydrogen) atoms. The van der Waals surface area contributed by atoms with Crippen molar-refractivity contribution in [3.8, 4) is 0 Å². The van der Waals surface area contributed by atoms with Crippen molar-refractivity contribution >= 4 is 21.7 Å². The zero-order valence-electron chi connectivity index (χ0n) is 10.1. The molecule has 0 bridgehead atoms. The zero-order valence-corrected chi connectivity index (χ0v) is 10.1. The molecule has 0 spiro atoms. The number of benzene rings is 2. The number of rotatable bonds is 2. The molecular weight excluding hydrogens is 242 g/mol. The van der Waals surface area contributed by atoms with Gasteiger partial charge in [0.1, 0.15) is 5.58 Å². The third kappa shape index (κ3) is 1.78. The fourth-order valence-corrected chi connectivity index (χ4v) is 2.13. The molecule has 3 rings (SSSR count). The van der Waals surface area contributed by atoms with Crippen LogP contribution in [0.25, 0.3) is 21.7 Å². The first-order valence-electron chi connectivity index (χ1n) is 5.88. The Bertz CT molecular complexity index is 903. The van der Waals surface area contributed by atoms with Crippen LogP contribution in [0.3, 0.4) is 0 Å². The molecule has 4 nitrogen and oxygen atoms in total. The second kappa shape index (κ2) is 4.24. The first-order chi connectivity index (χ1) is 9.20. The van der Waals surface area contributed by atoms with Crippen LogP contribution in [0.4, 0.5) is 0 Å². The smallest absolute Gasteiger partial charge is 0.409 e. The van der Waals surface area contributed by atoms with Gasteiger partial charge >= 0.3 is 5.76 Å². The van der Waals surface area contributed by atoms with Gasteiger partial charge in [0.25, 0.3) is 5.56 Å². The molecular formula is C15H11NO3. The van der Waals surface area contributed by atoms with Crippen LogP contribution >= 0.6 is 0 Å². The number of hydrogen-bond acceptors (Lipinski definition) is 3. The van der Waals surface area contributed by atoms with Gasteiger partial charge in [0.2, 0.25) is 0 Å². The van der Waals surface area contributed by atoms with E-state index < -0.39 is 5.76 Å². The number of nitrogens with zero attached hydrogens (tertiary/aromatic N) is 1. The standard InChI is InChI=1S/C15H11NO3/c1-2-7-16-14(17)12-8-10-5-3-4-6-11(10)9-13(12)19-15(16)18/h2-6,8-9H,1,7H2. The number of hydrogen-bond donors (Lipinski definition) is 0. The van der Waals surface area contributed by atoms with E-state index in [1.54, 1.807) is 12.1 Å². The Balaban J connectivity index is 2.48. The van der Waals surface area contributed by atoms with Crippen molar-refractivity contribution < 1.29 is 4.42 Å². The maximum absolute atomic E-state index is 12.2. The van der Waals surface area contributed by atoms with E-state index in [1.165, 1.54) is 6.08 Å². The highest BCUT2D eigenvalue weighted by atomic mass is 16.4. The minimum atomic E-state index is -0.660. The Morgan fingerprint density at radius 1 is 1.16 bits per heavy atom. The van der Waals surface area contributed by atoms with Crippen molar-refractivity contribution in [2.45, 2.75) is 6.54 Å². The molecule has 0 fully saturated rings. The molecule has 0 radical (unpaired) electrons. The summed E-state index contributed by atoms with van der Waals surface area (Å²) in [6.07, 6.45) is 1.49. The van der Waals surface area contributed by atoms with Gasteiger partial charge in [-0.3, -0.25) is 4.79 Å². The molecule has 0 atom stereocenters. The lowest BCUT2D eigenvalue weighted by atomic mass is 10.1. The van der Waals surface area contributed by atoms with Gasteiger partial charge in [-0.15, -0.1) is 6.58 Å². The van der Waals surface area contributed by atoms with Crippen LogP contribution in [0.2, 0.25) is 0 Å². The Morgan fingerprint density at radius 2 is 1.84 bits per heavy atom. The van der Waals surface area contributed by atoms with Crippen LogP contribution in [0, 0.1) is 0 Å².